The highest BCUT2D eigenvalue weighted by molar-refractivity contribution is 6.05. The van der Waals surface area contributed by atoms with E-state index in [2.05, 4.69) is 67.4 Å². The van der Waals surface area contributed by atoms with Crippen molar-refractivity contribution in [2.75, 3.05) is 0 Å². The molecule has 0 aliphatic carbocycles. The highest BCUT2D eigenvalue weighted by atomic mass is 16.1. The van der Waals surface area contributed by atoms with Crippen LogP contribution in [0, 0.1) is 13.8 Å². The van der Waals surface area contributed by atoms with Gasteiger partial charge >= 0.3 is 0 Å². The first-order valence-corrected chi connectivity index (χ1v) is 8.41. The number of H-pyrrole nitrogens is 1. The van der Waals surface area contributed by atoms with Gasteiger partial charge in [-0.15, -0.1) is 0 Å². The van der Waals surface area contributed by atoms with Crippen molar-refractivity contribution in [1.82, 2.24) is 4.98 Å². The van der Waals surface area contributed by atoms with Crippen LogP contribution in [0.4, 0.5) is 0 Å². The Morgan fingerprint density at radius 3 is 2.12 bits per heavy atom. The summed E-state index contributed by atoms with van der Waals surface area (Å²) in [5, 5.41) is 0.995. The second kappa shape index (κ2) is 6.06. The number of aromatic amines is 1. The highest BCUT2D eigenvalue weighted by Gasteiger charge is 2.14. The van der Waals surface area contributed by atoms with Gasteiger partial charge in [-0.3, -0.25) is 4.79 Å². The third-order valence-electron chi connectivity index (χ3n) is 4.69. The van der Waals surface area contributed by atoms with E-state index in [-0.39, 0.29) is 0 Å². The molecule has 0 radical (unpaired) electrons. The Balaban J connectivity index is 1.85. The number of carbonyl (C=O) groups is 1. The van der Waals surface area contributed by atoms with Gasteiger partial charge in [0.05, 0.1) is 5.69 Å². The number of fused-ring (bicyclic) bond motifs is 1. The molecule has 0 atom stereocenters. The largest absolute Gasteiger partial charge is 0.354 e. The predicted octanol–water partition coefficient (Wildman–Crippen LogP) is 5.93. The predicted molar refractivity (Wildman–Crippen MR) is 104 cm³/mol. The summed E-state index contributed by atoms with van der Waals surface area (Å²) in [4.78, 5) is 15.2. The van der Waals surface area contributed by atoms with E-state index >= 15 is 0 Å². The van der Waals surface area contributed by atoms with Crippen molar-refractivity contribution in [3.8, 4) is 22.4 Å². The number of aryl methyl sites for hydroxylation is 2. The topological polar surface area (TPSA) is 32.9 Å². The van der Waals surface area contributed by atoms with Crippen LogP contribution in [0.5, 0.6) is 0 Å². The van der Waals surface area contributed by atoms with Crippen LogP contribution in [0.25, 0.3) is 33.3 Å². The smallest absolute Gasteiger partial charge is 0.152 e. The maximum atomic E-state index is 11.8. The fourth-order valence-corrected chi connectivity index (χ4v) is 3.48. The summed E-state index contributed by atoms with van der Waals surface area (Å²) in [6.45, 7) is 4.13. The molecule has 0 saturated heterocycles. The summed E-state index contributed by atoms with van der Waals surface area (Å²) in [5.74, 6) is 0. The van der Waals surface area contributed by atoms with Gasteiger partial charge in [-0.1, -0.05) is 66.2 Å². The average molecular weight is 325 g/mol. The first-order valence-electron chi connectivity index (χ1n) is 8.41. The van der Waals surface area contributed by atoms with E-state index in [1.807, 2.05) is 18.2 Å². The van der Waals surface area contributed by atoms with Gasteiger partial charge in [0.1, 0.15) is 0 Å². The van der Waals surface area contributed by atoms with Crippen LogP contribution in [0.1, 0.15) is 21.5 Å². The molecule has 0 aliphatic rings. The summed E-state index contributed by atoms with van der Waals surface area (Å²) in [7, 11) is 0. The molecule has 4 aromatic rings. The van der Waals surface area contributed by atoms with Gasteiger partial charge < -0.3 is 4.98 Å². The molecule has 4 rings (SSSR count). The van der Waals surface area contributed by atoms with Crippen molar-refractivity contribution >= 4 is 17.2 Å². The number of hydrogen-bond acceptors (Lipinski definition) is 1. The Morgan fingerprint density at radius 1 is 0.800 bits per heavy atom. The van der Waals surface area contributed by atoms with Crippen LogP contribution in [0.3, 0.4) is 0 Å². The van der Waals surface area contributed by atoms with Crippen molar-refractivity contribution < 1.29 is 4.79 Å². The first-order chi connectivity index (χ1) is 12.2. The first kappa shape index (κ1) is 15.4. The molecule has 122 valence electrons. The van der Waals surface area contributed by atoms with Crippen LogP contribution < -0.4 is 0 Å². The van der Waals surface area contributed by atoms with Crippen LogP contribution in [-0.4, -0.2) is 11.3 Å². The van der Waals surface area contributed by atoms with Crippen molar-refractivity contribution in [2.45, 2.75) is 13.8 Å². The molecule has 0 unspecified atom stereocenters. The fourth-order valence-electron chi connectivity index (χ4n) is 3.48. The summed E-state index contributed by atoms with van der Waals surface area (Å²) >= 11 is 0. The Kier molecular flexibility index (Phi) is 3.73. The summed E-state index contributed by atoms with van der Waals surface area (Å²) < 4.78 is 0. The zero-order chi connectivity index (χ0) is 17.4. The van der Waals surface area contributed by atoms with E-state index in [1.54, 1.807) is 0 Å². The lowest BCUT2D eigenvalue weighted by Crippen LogP contribution is -1.85. The SMILES string of the molecule is Cc1cc(C)c2[nH]c(-c3ccc(-c4ccccc4)cc3)c(C=O)c2c1. The van der Waals surface area contributed by atoms with Crippen LogP contribution in [-0.2, 0) is 0 Å². The van der Waals surface area contributed by atoms with Crippen molar-refractivity contribution in [2.24, 2.45) is 0 Å². The van der Waals surface area contributed by atoms with Crippen molar-refractivity contribution in [1.29, 1.82) is 0 Å². The molecule has 0 spiro atoms. The number of hydrogen-bond donors (Lipinski definition) is 1. The maximum Gasteiger partial charge on any atom is 0.152 e. The molecule has 0 fully saturated rings. The Hall–Kier alpha value is -3.13. The highest BCUT2D eigenvalue weighted by Crippen LogP contribution is 2.32. The van der Waals surface area contributed by atoms with Gasteiger partial charge in [-0.05, 0) is 42.2 Å². The second-order valence-electron chi connectivity index (χ2n) is 6.48. The fraction of sp³-hybridized carbons (Fsp3) is 0.0870. The standard InChI is InChI=1S/C23H19NO/c1-15-12-16(2)22-20(13-15)21(14-25)23(24-22)19-10-8-18(9-11-19)17-6-4-3-5-7-17/h3-14,24H,1-2H3. The number of benzene rings is 3. The zero-order valence-corrected chi connectivity index (χ0v) is 14.3. The zero-order valence-electron chi connectivity index (χ0n) is 14.3. The molecule has 1 aromatic heterocycles. The number of aldehydes is 1. The third kappa shape index (κ3) is 2.66. The van der Waals surface area contributed by atoms with E-state index in [0.717, 1.165) is 45.1 Å². The average Bonchev–Trinajstić information content (AvgIpc) is 3.01. The Morgan fingerprint density at radius 2 is 1.44 bits per heavy atom. The lowest BCUT2D eigenvalue weighted by molar-refractivity contribution is 0.112. The van der Waals surface area contributed by atoms with Gasteiger partial charge in [0, 0.05) is 16.5 Å². The van der Waals surface area contributed by atoms with E-state index in [1.165, 1.54) is 11.1 Å². The van der Waals surface area contributed by atoms with Crippen molar-refractivity contribution in [3.63, 3.8) is 0 Å². The molecule has 3 aromatic carbocycles. The maximum absolute atomic E-state index is 11.8. The summed E-state index contributed by atoms with van der Waals surface area (Å²) in [5.41, 5.74) is 8.36. The quantitative estimate of drug-likeness (QED) is 0.465. The number of aromatic nitrogens is 1. The van der Waals surface area contributed by atoms with E-state index in [9.17, 15) is 4.79 Å². The molecular weight excluding hydrogens is 306 g/mol. The number of rotatable bonds is 3. The Bertz CT molecular complexity index is 1060. The molecule has 0 amide bonds. The van der Waals surface area contributed by atoms with Gasteiger partial charge in [0.25, 0.3) is 0 Å². The minimum atomic E-state index is 0.731. The van der Waals surface area contributed by atoms with Crippen molar-refractivity contribution in [3.05, 3.63) is 83.4 Å². The summed E-state index contributed by atoms with van der Waals surface area (Å²) in [6, 6.07) is 22.8. The lowest BCUT2D eigenvalue weighted by Gasteiger charge is -2.04. The normalized spacial score (nSPS) is 11.0. The molecule has 2 nitrogen and oxygen atoms in total. The van der Waals surface area contributed by atoms with E-state index in [0.29, 0.717) is 0 Å². The molecule has 2 heteroatoms. The molecular formula is C23H19NO. The molecule has 0 bridgehead atoms. The number of carbonyl (C=O) groups excluding carboxylic acids is 1. The van der Waals surface area contributed by atoms with E-state index in [4.69, 9.17) is 0 Å². The van der Waals surface area contributed by atoms with Crippen LogP contribution >= 0.6 is 0 Å². The Labute approximate surface area is 147 Å². The van der Waals surface area contributed by atoms with Gasteiger partial charge in [0.2, 0.25) is 0 Å². The molecule has 1 N–H and O–H groups in total. The van der Waals surface area contributed by atoms with Gasteiger partial charge in [-0.2, -0.15) is 0 Å². The lowest BCUT2D eigenvalue weighted by atomic mass is 10.0. The minimum absolute atomic E-state index is 0.731. The molecule has 25 heavy (non-hydrogen) atoms. The monoisotopic (exact) mass is 325 g/mol. The molecule has 0 aliphatic heterocycles. The second-order valence-corrected chi connectivity index (χ2v) is 6.48. The third-order valence-corrected chi connectivity index (χ3v) is 4.69. The van der Waals surface area contributed by atoms with Crippen LogP contribution in [0.2, 0.25) is 0 Å². The van der Waals surface area contributed by atoms with E-state index < -0.39 is 0 Å². The number of nitrogens with one attached hydrogen (secondary N) is 1. The molecule has 1 heterocycles. The summed E-state index contributed by atoms with van der Waals surface area (Å²) in [6.07, 6.45) is 0.957. The van der Waals surface area contributed by atoms with Crippen LogP contribution in [0.15, 0.2) is 66.7 Å². The van der Waals surface area contributed by atoms with Gasteiger partial charge in [-0.25, -0.2) is 0 Å². The van der Waals surface area contributed by atoms with Gasteiger partial charge in [0.15, 0.2) is 6.29 Å². The minimum Gasteiger partial charge on any atom is -0.354 e. The molecule has 0 saturated carbocycles.